The van der Waals surface area contributed by atoms with Crippen molar-refractivity contribution in [1.29, 1.82) is 0 Å². The summed E-state index contributed by atoms with van der Waals surface area (Å²) in [4.78, 5) is 4.02. The molecule has 0 unspecified atom stereocenters. The van der Waals surface area contributed by atoms with Gasteiger partial charge in [0.25, 0.3) is 0 Å². The van der Waals surface area contributed by atoms with Gasteiger partial charge in [-0.25, -0.2) is 4.98 Å². The van der Waals surface area contributed by atoms with Gasteiger partial charge in [-0.3, -0.25) is 0 Å². The Hall–Kier alpha value is -0.730. The minimum Gasteiger partial charge on any atom is -0.373 e. The maximum Gasteiger partial charge on any atom is 0.136 e. The van der Waals surface area contributed by atoms with Gasteiger partial charge in [-0.05, 0) is 6.07 Å². The fraction of sp³-hybridized carbons (Fsp3) is 0.125. The number of nitrogens with one attached hydrogen (secondary N) is 1. The summed E-state index contributed by atoms with van der Waals surface area (Å²) in [6, 6.07) is 1.58. The van der Waals surface area contributed by atoms with Gasteiger partial charge in [0.15, 0.2) is 0 Å². The highest BCUT2D eigenvalue weighted by Gasteiger charge is 2.05. The lowest BCUT2D eigenvalue weighted by atomic mass is 10.2. The highest BCUT2D eigenvalue weighted by Crippen LogP contribution is 2.26. The third kappa shape index (κ3) is 1.71. The Morgan fingerprint density at radius 1 is 1.58 bits per heavy atom. The molecule has 1 heterocycles. The van der Waals surface area contributed by atoms with Crippen LogP contribution in [0.15, 0.2) is 12.6 Å². The number of pyridine rings is 1. The van der Waals surface area contributed by atoms with E-state index in [1.54, 1.807) is 19.2 Å². The number of nitrogens with zero attached hydrogens (tertiary/aromatic N) is 1. The quantitative estimate of drug-likeness (QED) is 0.747. The van der Waals surface area contributed by atoms with Crippen LogP contribution in [0.5, 0.6) is 0 Å². The van der Waals surface area contributed by atoms with E-state index in [1.165, 1.54) is 0 Å². The van der Waals surface area contributed by atoms with Crippen molar-refractivity contribution in [1.82, 2.24) is 4.98 Å². The van der Waals surface area contributed by atoms with Gasteiger partial charge >= 0.3 is 0 Å². The van der Waals surface area contributed by atoms with Crippen molar-refractivity contribution in [2.45, 2.75) is 0 Å². The molecule has 0 amide bonds. The van der Waals surface area contributed by atoms with E-state index < -0.39 is 0 Å². The molecule has 0 aliphatic rings. The second-order valence-corrected chi connectivity index (χ2v) is 2.94. The summed E-state index contributed by atoms with van der Waals surface area (Å²) < 4.78 is 0. The minimum absolute atomic E-state index is 0.370. The average Bonchev–Trinajstić information content (AvgIpc) is 2.03. The zero-order valence-corrected chi connectivity index (χ0v) is 8.08. The van der Waals surface area contributed by atoms with Crippen LogP contribution in [0.2, 0.25) is 10.2 Å². The molecule has 4 heteroatoms. The van der Waals surface area contributed by atoms with Crippen molar-refractivity contribution in [3.63, 3.8) is 0 Å². The van der Waals surface area contributed by atoms with Crippen molar-refractivity contribution in [2.75, 3.05) is 12.4 Å². The molecule has 1 aromatic heterocycles. The van der Waals surface area contributed by atoms with Crippen LogP contribution >= 0.6 is 23.2 Å². The topological polar surface area (TPSA) is 24.9 Å². The Bertz CT molecular complexity index is 310. The van der Waals surface area contributed by atoms with Gasteiger partial charge < -0.3 is 5.32 Å². The summed E-state index contributed by atoms with van der Waals surface area (Å²) in [5.74, 6) is 0.641. The molecule has 2 nitrogen and oxygen atoms in total. The van der Waals surface area contributed by atoms with Gasteiger partial charge in [-0.1, -0.05) is 35.9 Å². The third-order valence-corrected chi connectivity index (χ3v) is 1.92. The molecule has 0 aliphatic carbocycles. The molecule has 0 saturated carbocycles. The summed E-state index contributed by atoms with van der Waals surface area (Å²) in [7, 11) is 1.75. The number of aromatic nitrogens is 1. The summed E-state index contributed by atoms with van der Waals surface area (Å²) in [6.07, 6.45) is 1.64. The average molecular weight is 203 g/mol. The van der Waals surface area contributed by atoms with E-state index in [9.17, 15) is 0 Å². The maximum atomic E-state index is 5.88. The van der Waals surface area contributed by atoms with Gasteiger partial charge in [0.1, 0.15) is 11.0 Å². The molecular formula is C8H8Cl2N2. The van der Waals surface area contributed by atoms with Crippen LogP contribution in [0.4, 0.5) is 5.82 Å². The van der Waals surface area contributed by atoms with Crippen molar-refractivity contribution in [2.24, 2.45) is 0 Å². The number of rotatable bonds is 2. The summed E-state index contributed by atoms with van der Waals surface area (Å²) in [6.45, 7) is 3.62. The fourth-order valence-corrected chi connectivity index (χ4v) is 1.40. The Kier molecular flexibility index (Phi) is 2.95. The van der Waals surface area contributed by atoms with Crippen LogP contribution in [0, 0.1) is 0 Å². The smallest absolute Gasteiger partial charge is 0.136 e. The van der Waals surface area contributed by atoms with Gasteiger partial charge in [0.2, 0.25) is 0 Å². The zero-order chi connectivity index (χ0) is 9.14. The predicted octanol–water partition coefficient (Wildman–Crippen LogP) is 3.07. The molecule has 12 heavy (non-hydrogen) atoms. The Morgan fingerprint density at radius 2 is 2.25 bits per heavy atom. The van der Waals surface area contributed by atoms with Crippen LogP contribution < -0.4 is 5.32 Å². The molecular weight excluding hydrogens is 195 g/mol. The van der Waals surface area contributed by atoms with Gasteiger partial charge in [0.05, 0.1) is 5.02 Å². The number of hydrogen-bond acceptors (Lipinski definition) is 2. The first-order valence-electron chi connectivity index (χ1n) is 3.35. The van der Waals surface area contributed by atoms with E-state index in [-0.39, 0.29) is 0 Å². The van der Waals surface area contributed by atoms with Crippen LogP contribution in [0.3, 0.4) is 0 Å². The molecule has 0 spiro atoms. The van der Waals surface area contributed by atoms with Crippen LogP contribution in [0.1, 0.15) is 5.56 Å². The van der Waals surface area contributed by atoms with Crippen LogP contribution in [-0.2, 0) is 0 Å². The normalized spacial score (nSPS) is 9.58. The van der Waals surface area contributed by atoms with Crippen molar-refractivity contribution >= 4 is 35.1 Å². The van der Waals surface area contributed by atoms with Crippen LogP contribution in [-0.4, -0.2) is 12.0 Å². The summed E-state index contributed by atoms with van der Waals surface area (Å²) in [5, 5.41) is 3.80. The lowest BCUT2D eigenvalue weighted by Gasteiger charge is -2.05. The van der Waals surface area contributed by atoms with E-state index in [0.717, 1.165) is 5.56 Å². The minimum atomic E-state index is 0.370. The second kappa shape index (κ2) is 3.78. The monoisotopic (exact) mass is 202 g/mol. The fourth-order valence-electron chi connectivity index (χ4n) is 0.879. The molecule has 0 fully saturated rings. The van der Waals surface area contributed by atoms with E-state index >= 15 is 0 Å². The van der Waals surface area contributed by atoms with Crippen molar-refractivity contribution in [3.05, 3.63) is 28.4 Å². The first kappa shape index (κ1) is 9.36. The lowest BCUT2D eigenvalue weighted by molar-refractivity contribution is 1.28. The van der Waals surface area contributed by atoms with Crippen molar-refractivity contribution < 1.29 is 0 Å². The van der Waals surface area contributed by atoms with Gasteiger partial charge in [0, 0.05) is 12.6 Å². The first-order valence-corrected chi connectivity index (χ1v) is 4.11. The van der Waals surface area contributed by atoms with Crippen molar-refractivity contribution in [3.8, 4) is 0 Å². The Balaban J connectivity index is 3.33. The number of hydrogen-bond donors (Lipinski definition) is 1. The summed E-state index contributed by atoms with van der Waals surface area (Å²) >= 11 is 11.6. The van der Waals surface area contributed by atoms with E-state index in [0.29, 0.717) is 16.0 Å². The molecule has 0 radical (unpaired) electrons. The van der Waals surface area contributed by atoms with E-state index in [1.807, 2.05) is 0 Å². The number of anilines is 1. The zero-order valence-electron chi connectivity index (χ0n) is 6.56. The van der Waals surface area contributed by atoms with Crippen LogP contribution in [0.25, 0.3) is 6.08 Å². The highest BCUT2D eigenvalue weighted by molar-refractivity contribution is 6.35. The predicted molar refractivity (Wildman–Crippen MR) is 53.9 cm³/mol. The maximum absolute atomic E-state index is 5.88. The molecule has 64 valence electrons. The number of halogens is 2. The standard InChI is InChI=1S/C8H8Cl2N2/c1-3-5-6(9)4-7(10)12-8(5)11-2/h3-4H,1H2,2H3,(H,11,12). The second-order valence-electron chi connectivity index (χ2n) is 2.14. The molecule has 0 bridgehead atoms. The SMILES string of the molecule is C=Cc1c(Cl)cc(Cl)nc1NC. The largest absolute Gasteiger partial charge is 0.373 e. The van der Waals surface area contributed by atoms with Gasteiger partial charge in [-0.2, -0.15) is 0 Å². The Labute approximate surface area is 81.2 Å². The molecule has 1 rings (SSSR count). The molecule has 0 saturated heterocycles. The van der Waals surface area contributed by atoms with E-state index in [2.05, 4.69) is 16.9 Å². The molecule has 0 aliphatic heterocycles. The Morgan fingerprint density at radius 3 is 2.75 bits per heavy atom. The summed E-state index contributed by atoms with van der Waals surface area (Å²) in [5.41, 5.74) is 0.767. The highest BCUT2D eigenvalue weighted by atomic mass is 35.5. The van der Waals surface area contributed by atoms with E-state index in [4.69, 9.17) is 23.2 Å². The molecule has 1 aromatic rings. The molecule has 1 N–H and O–H groups in total. The third-order valence-electron chi connectivity index (χ3n) is 1.42. The molecule has 0 aromatic carbocycles. The first-order chi connectivity index (χ1) is 5.69. The molecule has 0 atom stereocenters. The lowest BCUT2D eigenvalue weighted by Crippen LogP contribution is -1.96. The van der Waals surface area contributed by atoms with Gasteiger partial charge in [-0.15, -0.1) is 0 Å².